The quantitative estimate of drug-likeness (QED) is 0.905. The molecule has 0 spiro atoms. The Hall–Kier alpha value is -2.24. The summed E-state index contributed by atoms with van der Waals surface area (Å²) >= 11 is 0. The molecule has 1 aromatic heterocycles. The van der Waals surface area contributed by atoms with E-state index in [-0.39, 0.29) is 17.0 Å². The molecule has 0 unspecified atom stereocenters. The number of aromatic nitrogens is 2. The van der Waals surface area contributed by atoms with Crippen molar-refractivity contribution in [1.82, 2.24) is 10.2 Å². The van der Waals surface area contributed by atoms with Crippen LogP contribution in [-0.4, -0.2) is 16.1 Å². The van der Waals surface area contributed by atoms with Gasteiger partial charge in [0.1, 0.15) is 11.6 Å². The second kappa shape index (κ2) is 5.40. The molecule has 1 amide bonds. The summed E-state index contributed by atoms with van der Waals surface area (Å²) in [5.41, 5.74) is 0.857. The average molecular weight is 279 g/mol. The molecule has 0 aliphatic heterocycles. The molecule has 2 rings (SSSR count). The van der Waals surface area contributed by atoms with Crippen molar-refractivity contribution in [2.24, 2.45) is 0 Å². The number of rotatable bonds is 3. The second-order valence-electron chi connectivity index (χ2n) is 4.90. The fourth-order valence-electron chi connectivity index (χ4n) is 1.71. The smallest absolute Gasteiger partial charge is 0.259 e. The number of H-pyrrole nitrogens is 1. The monoisotopic (exact) mass is 279 g/mol. The highest BCUT2D eigenvalue weighted by atomic mass is 19.1. The van der Waals surface area contributed by atoms with Crippen LogP contribution in [0.25, 0.3) is 0 Å². The van der Waals surface area contributed by atoms with Gasteiger partial charge < -0.3 is 5.32 Å². The summed E-state index contributed by atoms with van der Waals surface area (Å²) in [6.45, 7) is 5.42. The minimum absolute atomic E-state index is 0.210. The Bertz CT molecular complexity index is 650. The first-order valence-corrected chi connectivity index (χ1v) is 6.20. The predicted molar refractivity (Wildman–Crippen MR) is 71.7 cm³/mol. The number of aryl methyl sites for hydroxylation is 1. The molecule has 0 aliphatic carbocycles. The molecule has 106 valence electrons. The Morgan fingerprint density at radius 1 is 1.25 bits per heavy atom. The van der Waals surface area contributed by atoms with E-state index in [0.29, 0.717) is 11.9 Å². The summed E-state index contributed by atoms with van der Waals surface area (Å²) in [6, 6.07) is 3.56. The maximum atomic E-state index is 13.6. The van der Waals surface area contributed by atoms with E-state index in [1.54, 1.807) is 6.07 Å². The number of nitrogens with zero attached hydrogens (tertiary/aromatic N) is 1. The van der Waals surface area contributed by atoms with Crippen molar-refractivity contribution in [2.75, 3.05) is 5.32 Å². The number of anilines is 1. The number of benzene rings is 1. The molecular weight excluding hydrogens is 264 g/mol. The van der Waals surface area contributed by atoms with Gasteiger partial charge in [-0.3, -0.25) is 9.89 Å². The van der Waals surface area contributed by atoms with E-state index in [1.165, 1.54) is 13.0 Å². The van der Waals surface area contributed by atoms with E-state index in [1.807, 2.05) is 13.8 Å². The molecule has 6 heteroatoms. The highest BCUT2D eigenvalue weighted by Crippen LogP contribution is 2.18. The number of aromatic amines is 1. The topological polar surface area (TPSA) is 57.8 Å². The number of carbonyl (C=O) groups excluding carboxylic acids is 1. The lowest BCUT2D eigenvalue weighted by Crippen LogP contribution is -2.14. The lowest BCUT2D eigenvalue weighted by molar-refractivity contribution is 0.102. The van der Waals surface area contributed by atoms with Crippen molar-refractivity contribution in [1.29, 1.82) is 0 Å². The molecule has 20 heavy (non-hydrogen) atoms. The van der Waals surface area contributed by atoms with Crippen molar-refractivity contribution in [2.45, 2.75) is 26.7 Å². The number of hydrogen-bond acceptors (Lipinski definition) is 2. The zero-order valence-electron chi connectivity index (χ0n) is 11.4. The van der Waals surface area contributed by atoms with Gasteiger partial charge in [-0.15, -0.1) is 0 Å². The zero-order chi connectivity index (χ0) is 14.9. The number of carbonyl (C=O) groups is 1. The molecule has 2 N–H and O–H groups in total. The fraction of sp³-hybridized carbons (Fsp3) is 0.286. The SMILES string of the molecule is Cc1cc(C(=O)Nc2cc(C(C)C)[nH]n2)c(F)cc1F. The summed E-state index contributed by atoms with van der Waals surface area (Å²) < 4.78 is 26.7. The highest BCUT2D eigenvalue weighted by Gasteiger charge is 2.16. The van der Waals surface area contributed by atoms with Gasteiger partial charge in [-0.25, -0.2) is 8.78 Å². The van der Waals surface area contributed by atoms with Crippen molar-refractivity contribution >= 4 is 11.7 Å². The fourth-order valence-corrected chi connectivity index (χ4v) is 1.71. The van der Waals surface area contributed by atoms with Crippen LogP contribution in [0.4, 0.5) is 14.6 Å². The van der Waals surface area contributed by atoms with Crippen LogP contribution in [0.2, 0.25) is 0 Å². The molecule has 0 aliphatic rings. The summed E-state index contributed by atoms with van der Waals surface area (Å²) in [7, 11) is 0. The van der Waals surface area contributed by atoms with Crippen LogP contribution in [0.3, 0.4) is 0 Å². The minimum atomic E-state index is -0.898. The van der Waals surface area contributed by atoms with Gasteiger partial charge in [0.25, 0.3) is 5.91 Å². The van der Waals surface area contributed by atoms with Crippen LogP contribution < -0.4 is 5.32 Å². The van der Waals surface area contributed by atoms with E-state index in [0.717, 1.165) is 5.69 Å². The summed E-state index contributed by atoms with van der Waals surface area (Å²) in [6.07, 6.45) is 0. The minimum Gasteiger partial charge on any atom is -0.305 e. The lowest BCUT2D eigenvalue weighted by Gasteiger charge is -2.05. The van der Waals surface area contributed by atoms with Crippen LogP contribution >= 0.6 is 0 Å². The molecule has 0 bridgehead atoms. The number of amides is 1. The third-order valence-corrected chi connectivity index (χ3v) is 2.95. The van der Waals surface area contributed by atoms with Crippen LogP contribution in [0.15, 0.2) is 18.2 Å². The predicted octanol–water partition coefficient (Wildman–Crippen LogP) is 3.37. The number of hydrogen-bond donors (Lipinski definition) is 2. The molecular formula is C14H15F2N3O. The molecule has 4 nitrogen and oxygen atoms in total. The first-order chi connectivity index (χ1) is 9.38. The number of nitrogens with one attached hydrogen (secondary N) is 2. The largest absolute Gasteiger partial charge is 0.305 e. The van der Waals surface area contributed by atoms with Gasteiger partial charge in [-0.1, -0.05) is 13.8 Å². The van der Waals surface area contributed by atoms with Gasteiger partial charge in [-0.05, 0) is 24.5 Å². The number of halogens is 2. The Morgan fingerprint density at radius 2 is 1.95 bits per heavy atom. The zero-order valence-corrected chi connectivity index (χ0v) is 11.4. The third kappa shape index (κ3) is 2.84. The third-order valence-electron chi connectivity index (χ3n) is 2.95. The highest BCUT2D eigenvalue weighted by molar-refractivity contribution is 6.04. The first-order valence-electron chi connectivity index (χ1n) is 6.20. The Kier molecular flexibility index (Phi) is 3.83. The molecule has 0 atom stereocenters. The van der Waals surface area contributed by atoms with E-state index >= 15 is 0 Å². The van der Waals surface area contributed by atoms with E-state index < -0.39 is 17.5 Å². The van der Waals surface area contributed by atoms with Crippen LogP contribution in [0.1, 0.15) is 41.4 Å². The van der Waals surface area contributed by atoms with Gasteiger partial charge in [0.2, 0.25) is 0 Å². The maximum absolute atomic E-state index is 13.6. The van der Waals surface area contributed by atoms with Crippen LogP contribution in [0.5, 0.6) is 0 Å². The van der Waals surface area contributed by atoms with Gasteiger partial charge in [0, 0.05) is 17.8 Å². The average Bonchev–Trinajstić information content (AvgIpc) is 2.82. The summed E-state index contributed by atoms with van der Waals surface area (Å²) in [4.78, 5) is 12.0. The van der Waals surface area contributed by atoms with E-state index in [9.17, 15) is 13.6 Å². The van der Waals surface area contributed by atoms with Crippen molar-refractivity contribution in [3.63, 3.8) is 0 Å². The van der Waals surface area contributed by atoms with Crippen LogP contribution in [0, 0.1) is 18.6 Å². The normalized spacial score (nSPS) is 10.9. The second-order valence-corrected chi connectivity index (χ2v) is 4.90. The van der Waals surface area contributed by atoms with Gasteiger partial charge in [0.05, 0.1) is 5.56 Å². The molecule has 1 heterocycles. The maximum Gasteiger partial charge on any atom is 0.259 e. The molecule has 0 saturated heterocycles. The molecule has 0 saturated carbocycles. The van der Waals surface area contributed by atoms with E-state index in [4.69, 9.17) is 0 Å². The van der Waals surface area contributed by atoms with Crippen molar-refractivity contribution in [3.8, 4) is 0 Å². The lowest BCUT2D eigenvalue weighted by atomic mass is 10.1. The standard InChI is InChI=1S/C14H15F2N3O/c1-7(2)12-6-13(19-18-12)17-14(20)9-4-8(3)10(15)5-11(9)16/h4-7H,1-3H3,(H2,17,18,19,20). The van der Waals surface area contributed by atoms with Gasteiger partial charge >= 0.3 is 0 Å². The molecule has 2 aromatic rings. The summed E-state index contributed by atoms with van der Waals surface area (Å²) in [5, 5.41) is 9.18. The Morgan fingerprint density at radius 3 is 2.55 bits per heavy atom. The summed E-state index contributed by atoms with van der Waals surface area (Å²) in [5.74, 6) is -1.70. The molecule has 0 radical (unpaired) electrons. The van der Waals surface area contributed by atoms with Crippen molar-refractivity contribution in [3.05, 3.63) is 46.7 Å². The van der Waals surface area contributed by atoms with Crippen LogP contribution in [-0.2, 0) is 0 Å². The molecule has 1 aromatic carbocycles. The first kappa shape index (κ1) is 14.2. The van der Waals surface area contributed by atoms with Gasteiger partial charge in [-0.2, -0.15) is 5.10 Å². The van der Waals surface area contributed by atoms with E-state index in [2.05, 4.69) is 15.5 Å². The Labute approximate surface area is 115 Å². The Balaban J connectivity index is 2.21. The van der Waals surface area contributed by atoms with Gasteiger partial charge in [0.15, 0.2) is 5.82 Å². The van der Waals surface area contributed by atoms with Crippen molar-refractivity contribution < 1.29 is 13.6 Å². The molecule has 0 fully saturated rings.